The molecule has 3 amide bonds. The van der Waals surface area contributed by atoms with Gasteiger partial charge in [0.25, 0.3) is 0 Å². The van der Waals surface area contributed by atoms with E-state index in [4.69, 9.17) is 14.5 Å². The topological polar surface area (TPSA) is 110 Å². The van der Waals surface area contributed by atoms with Gasteiger partial charge in [0.05, 0.1) is 30.2 Å². The van der Waals surface area contributed by atoms with Crippen molar-refractivity contribution in [3.05, 3.63) is 72.4 Å². The second kappa shape index (κ2) is 14.2. The van der Waals surface area contributed by atoms with Crippen molar-refractivity contribution in [3.63, 3.8) is 0 Å². The Morgan fingerprint density at radius 2 is 1.62 bits per heavy atom. The molecule has 2 aliphatic rings. The summed E-state index contributed by atoms with van der Waals surface area (Å²) >= 11 is 0. The third kappa shape index (κ3) is 7.95. The van der Waals surface area contributed by atoms with Crippen molar-refractivity contribution in [2.45, 2.75) is 89.8 Å². The van der Waals surface area contributed by atoms with Gasteiger partial charge in [-0.1, -0.05) is 61.5 Å². The molecule has 1 heterocycles. The molecular formula is C38H48N4O5. The molecule has 5 rings (SSSR count). The number of rotatable bonds is 8. The maximum Gasteiger partial charge on any atom is 0.409 e. The van der Waals surface area contributed by atoms with Crippen LogP contribution in [0.4, 0.5) is 15.3 Å². The third-order valence-corrected chi connectivity index (χ3v) is 9.77. The quantitative estimate of drug-likeness (QED) is 0.257. The molecule has 2 fully saturated rings. The van der Waals surface area contributed by atoms with Gasteiger partial charge in [0.1, 0.15) is 5.60 Å². The van der Waals surface area contributed by atoms with Gasteiger partial charge in [-0.05, 0) is 88.8 Å². The van der Waals surface area contributed by atoms with Gasteiger partial charge in [0.15, 0.2) is 0 Å². The molecule has 0 spiro atoms. The molecule has 1 aromatic heterocycles. The number of benzene rings is 2. The molecular weight excluding hydrogens is 592 g/mol. The van der Waals surface area contributed by atoms with E-state index in [0.29, 0.717) is 5.69 Å². The van der Waals surface area contributed by atoms with Gasteiger partial charge in [-0.25, -0.2) is 9.59 Å². The third-order valence-electron chi connectivity index (χ3n) is 9.77. The average Bonchev–Trinajstić information content (AvgIpc) is 3.05. The highest BCUT2D eigenvalue weighted by Crippen LogP contribution is 2.42. The molecule has 1 atom stereocenters. The Balaban J connectivity index is 1.32. The Labute approximate surface area is 278 Å². The van der Waals surface area contributed by atoms with Crippen LogP contribution in [0.3, 0.4) is 0 Å². The van der Waals surface area contributed by atoms with Crippen LogP contribution in [0.5, 0.6) is 0 Å². The molecule has 47 heavy (non-hydrogen) atoms. The van der Waals surface area contributed by atoms with Crippen LogP contribution in [0, 0.1) is 11.8 Å². The van der Waals surface area contributed by atoms with Crippen LogP contribution in [-0.2, 0) is 19.8 Å². The first-order chi connectivity index (χ1) is 22.4. The molecule has 3 aromatic rings. The first kappa shape index (κ1) is 33.9. The lowest BCUT2D eigenvalue weighted by Gasteiger charge is -2.43. The Hall–Kier alpha value is -4.40. The second-order valence-electron chi connectivity index (χ2n) is 14.1. The van der Waals surface area contributed by atoms with Crippen LogP contribution in [0.2, 0.25) is 0 Å². The van der Waals surface area contributed by atoms with Gasteiger partial charge in [0, 0.05) is 30.1 Å². The number of hydrogen-bond donors (Lipinski definition) is 2. The molecule has 250 valence electrons. The zero-order chi connectivity index (χ0) is 33.8. The maximum atomic E-state index is 13.4. The number of carbonyl (C=O) groups is 3. The summed E-state index contributed by atoms with van der Waals surface area (Å²) in [5.41, 5.74) is 4.37. The van der Waals surface area contributed by atoms with Crippen molar-refractivity contribution in [2.75, 3.05) is 19.5 Å². The standard InChI is InChI=1S/C38H48N4O5/c1-25(26-15-19-31(20-16-26)42(5)36(45)46-6)34(43)40-30-23-32(27-11-8-7-9-12-27)33(39-24-30)28-13-17-29(18-14-28)38(21-10-22-38)41-35(44)47-37(2,3)4/h7-9,11-14,17-18,23-26,31H,10,15-16,19-22H2,1-6H3,(H,40,43)(H,41,44). The van der Waals surface area contributed by atoms with E-state index in [-0.39, 0.29) is 29.9 Å². The summed E-state index contributed by atoms with van der Waals surface area (Å²) in [6.45, 7) is 7.58. The van der Waals surface area contributed by atoms with E-state index in [1.165, 1.54) is 7.11 Å². The van der Waals surface area contributed by atoms with Crippen LogP contribution < -0.4 is 10.6 Å². The molecule has 9 heteroatoms. The largest absolute Gasteiger partial charge is 0.453 e. The van der Waals surface area contributed by atoms with Crippen LogP contribution in [-0.4, -0.2) is 53.8 Å². The van der Waals surface area contributed by atoms with Crippen molar-refractivity contribution in [1.29, 1.82) is 0 Å². The summed E-state index contributed by atoms with van der Waals surface area (Å²) in [6.07, 6.45) is 7.19. The number of carbonyl (C=O) groups excluding carboxylic acids is 3. The highest BCUT2D eigenvalue weighted by Gasteiger charge is 2.41. The Kier molecular flexibility index (Phi) is 10.2. The van der Waals surface area contributed by atoms with Crippen LogP contribution in [0.25, 0.3) is 22.4 Å². The van der Waals surface area contributed by atoms with Gasteiger partial charge in [-0.3, -0.25) is 9.78 Å². The lowest BCUT2D eigenvalue weighted by Crippen LogP contribution is -2.52. The van der Waals surface area contributed by atoms with Crippen molar-refractivity contribution >= 4 is 23.8 Å². The molecule has 2 saturated carbocycles. The molecule has 1 unspecified atom stereocenters. The van der Waals surface area contributed by atoms with Gasteiger partial charge in [-0.2, -0.15) is 0 Å². The number of amides is 3. The number of alkyl carbamates (subject to hydrolysis) is 1. The zero-order valence-corrected chi connectivity index (χ0v) is 28.5. The minimum atomic E-state index is -0.564. The predicted molar refractivity (Wildman–Crippen MR) is 184 cm³/mol. The fraction of sp³-hybridized carbons (Fsp3) is 0.474. The highest BCUT2D eigenvalue weighted by molar-refractivity contribution is 5.94. The molecule has 0 bridgehead atoms. The lowest BCUT2D eigenvalue weighted by atomic mass is 9.71. The zero-order valence-electron chi connectivity index (χ0n) is 28.5. The van der Waals surface area contributed by atoms with Crippen molar-refractivity contribution in [3.8, 4) is 22.4 Å². The van der Waals surface area contributed by atoms with Crippen LogP contribution in [0.15, 0.2) is 66.9 Å². The van der Waals surface area contributed by atoms with E-state index < -0.39 is 17.2 Å². The summed E-state index contributed by atoms with van der Waals surface area (Å²) in [6, 6.07) is 20.4. The summed E-state index contributed by atoms with van der Waals surface area (Å²) in [4.78, 5) is 44.6. The molecule has 0 aliphatic heterocycles. The molecule has 0 radical (unpaired) electrons. The van der Waals surface area contributed by atoms with Gasteiger partial charge in [-0.15, -0.1) is 0 Å². The van der Waals surface area contributed by atoms with E-state index in [1.54, 1.807) is 18.1 Å². The molecule has 9 nitrogen and oxygen atoms in total. The number of nitrogens with zero attached hydrogens (tertiary/aromatic N) is 2. The molecule has 2 aromatic carbocycles. The summed E-state index contributed by atoms with van der Waals surface area (Å²) < 4.78 is 10.4. The van der Waals surface area contributed by atoms with Gasteiger partial charge >= 0.3 is 12.2 Å². The second-order valence-corrected chi connectivity index (χ2v) is 14.1. The Morgan fingerprint density at radius 3 is 2.19 bits per heavy atom. The average molecular weight is 641 g/mol. The minimum absolute atomic E-state index is 0.0315. The number of methoxy groups -OCH3 is 1. The summed E-state index contributed by atoms with van der Waals surface area (Å²) in [5, 5.41) is 6.26. The minimum Gasteiger partial charge on any atom is -0.453 e. The van der Waals surface area contributed by atoms with E-state index in [9.17, 15) is 14.4 Å². The number of ether oxygens (including phenoxy) is 2. The Morgan fingerprint density at radius 1 is 0.957 bits per heavy atom. The highest BCUT2D eigenvalue weighted by atomic mass is 16.6. The SMILES string of the molecule is COC(=O)N(C)C1CCC(C(C)C(=O)Nc2cnc(-c3ccc(C4(NC(=O)OC(C)(C)C)CCC4)cc3)c(-c3ccccc3)c2)CC1. The van der Waals surface area contributed by atoms with Crippen molar-refractivity contribution < 1.29 is 23.9 Å². The number of aromatic nitrogens is 1. The normalized spacial score (nSPS) is 19.4. The maximum absolute atomic E-state index is 13.4. The number of nitrogens with one attached hydrogen (secondary N) is 2. The lowest BCUT2D eigenvalue weighted by molar-refractivity contribution is -0.121. The first-order valence-corrected chi connectivity index (χ1v) is 16.7. The monoisotopic (exact) mass is 640 g/mol. The molecule has 2 N–H and O–H groups in total. The predicted octanol–water partition coefficient (Wildman–Crippen LogP) is 8.15. The first-order valence-electron chi connectivity index (χ1n) is 16.7. The molecule has 0 saturated heterocycles. The van der Waals surface area contributed by atoms with E-state index >= 15 is 0 Å². The van der Waals surface area contributed by atoms with E-state index in [1.807, 2.05) is 64.1 Å². The van der Waals surface area contributed by atoms with E-state index in [2.05, 4.69) is 34.9 Å². The van der Waals surface area contributed by atoms with Crippen molar-refractivity contribution in [2.24, 2.45) is 11.8 Å². The van der Waals surface area contributed by atoms with Crippen molar-refractivity contribution in [1.82, 2.24) is 15.2 Å². The van der Waals surface area contributed by atoms with E-state index in [0.717, 1.165) is 72.9 Å². The smallest absolute Gasteiger partial charge is 0.409 e. The van der Waals surface area contributed by atoms with Gasteiger partial charge < -0.3 is 25.0 Å². The summed E-state index contributed by atoms with van der Waals surface area (Å²) in [5.74, 6) is 0.0243. The number of pyridine rings is 1. The fourth-order valence-corrected chi connectivity index (χ4v) is 6.82. The summed E-state index contributed by atoms with van der Waals surface area (Å²) in [7, 11) is 3.17. The van der Waals surface area contributed by atoms with Crippen LogP contribution in [0.1, 0.15) is 78.2 Å². The van der Waals surface area contributed by atoms with Gasteiger partial charge in [0.2, 0.25) is 5.91 Å². The fourth-order valence-electron chi connectivity index (χ4n) is 6.82. The number of anilines is 1. The Bertz CT molecular complexity index is 1560. The number of hydrogen-bond acceptors (Lipinski definition) is 6. The van der Waals surface area contributed by atoms with Crippen LogP contribution >= 0.6 is 0 Å². The molecule has 2 aliphatic carbocycles.